The summed E-state index contributed by atoms with van der Waals surface area (Å²) in [4.78, 5) is 28.2. The van der Waals surface area contributed by atoms with Gasteiger partial charge in [-0.1, -0.05) is 30.3 Å². The molecule has 0 spiro atoms. The topological polar surface area (TPSA) is 66.6 Å². The molecule has 5 nitrogen and oxygen atoms in total. The van der Waals surface area contributed by atoms with Crippen LogP contribution in [0.5, 0.6) is 0 Å². The van der Waals surface area contributed by atoms with E-state index in [1.165, 1.54) is 0 Å². The molecule has 3 rings (SSSR count). The van der Waals surface area contributed by atoms with Crippen LogP contribution < -0.4 is 5.73 Å². The van der Waals surface area contributed by atoms with E-state index in [2.05, 4.69) is 0 Å². The number of carbonyl (C=O) groups is 2. The van der Waals surface area contributed by atoms with Gasteiger partial charge in [-0.25, -0.2) is 0 Å². The SMILES string of the molecule is NCC(C(=O)N1CCN2C(=O)CCC2C1)c1ccccc1. The van der Waals surface area contributed by atoms with Crippen molar-refractivity contribution >= 4 is 11.8 Å². The van der Waals surface area contributed by atoms with Crippen LogP contribution in [0.3, 0.4) is 0 Å². The molecule has 2 heterocycles. The summed E-state index contributed by atoms with van der Waals surface area (Å²) in [6, 6.07) is 9.89. The average Bonchev–Trinajstić information content (AvgIpc) is 2.90. The van der Waals surface area contributed by atoms with E-state index in [4.69, 9.17) is 5.73 Å². The molecule has 21 heavy (non-hydrogen) atoms. The Morgan fingerprint density at radius 1 is 1.29 bits per heavy atom. The molecule has 2 N–H and O–H groups in total. The Balaban J connectivity index is 1.71. The molecule has 2 aliphatic heterocycles. The monoisotopic (exact) mass is 287 g/mol. The van der Waals surface area contributed by atoms with Crippen LogP contribution in [0.1, 0.15) is 24.3 Å². The summed E-state index contributed by atoms with van der Waals surface area (Å²) in [5.74, 6) is 0.0306. The van der Waals surface area contributed by atoms with Gasteiger partial charge in [0, 0.05) is 38.6 Å². The van der Waals surface area contributed by atoms with Crippen molar-refractivity contribution in [2.24, 2.45) is 5.73 Å². The zero-order valence-electron chi connectivity index (χ0n) is 12.1. The number of benzene rings is 1. The fraction of sp³-hybridized carbons (Fsp3) is 0.500. The molecular formula is C16H21N3O2. The zero-order chi connectivity index (χ0) is 14.8. The number of fused-ring (bicyclic) bond motifs is 1. The van der Waals surface area contributed by atoms with Crippen LogP contribution in [0.2, 0.25) is 0 Å². The van der Waals surface area contributed by atoms with Gasteiger partial charge < -0.3 is 15.5 Å². The maximum atomic E-state index is 12.7. The van der Waals surface area contributed by atoms with Crippen LogP contribution in [0.25, 0.3) is 0 Å². The molecule has 2 aliphatic rings. The van der Waals surface area contributed by atoms with Gasteiger partial charge in [-0.15, -0.1) is 0 Å². The molecular weight excluding hydrogens is 266 g/mol. The summed E-state index contributed by atoms with van der Waals surface area (Å²) < 4.78 is 0. The van der Waals surface area contributed by atoms with Crippen molar-refractivity contribution < 1.29 is 9.59 Å². The van der Waals surface area contributed by atoms with E-state index < -0.39 is 0 Å². The third-order valence-corrected chi connectivity index (χ3v) is 4.54. The Morgan fingerprint density at radius 3 is 2.76 bits per heavy atom. The van der Waals surface area contributed by atoms with E-state index in [-0.39, 0.29) is 23.8 Å². The van der Waals surface area contributed by atoms with Crippen molar-refractivity contribution in [2.75, 3.05) is 26.2 Å². The van der Waals surface area contributed by atoms with Gasteiger partial charge in [0.2, 0.25) is 11.8 Å². The largest absolute Gasteiger partial charge is 0.338 e. The lowest BCUT2D eigenvalue weighted by Crippen LogP contribution is -2.54. The summed E-state index contributed by atoms with van der Waals surface area (Å²) in [6.07, 6.45) is 1.48. The lowest BCUT2D eigenvalue weighted by atomic mass is 9.97. The Labute approximate surface area is 124 Å². The van der Waals surface area contributed by atoms with Gasteiger partial charge in [-0.2, -0.15) is 0 Å². The van der Waals surface area contributed by atoms with Gasteiger partial charge in [-0.05, 0) is 12.0 Å². The van der Waals surface area contributed by atoms with Crippen molar-refractivity contribution in [3.63, 3.8) is 0 Å². The molecule has 2 unspecified atom stereocenters. The van der Waals surface area contributed by atoms with Gasteiger partial charge in [-0.3, -0.25) is 9.59 Å². The standard InChI is InChI=1S/C16H21N3O2/c17-10-14(12-4-2-1-3-5-12)16(21)18-8-9-19-13(11-18)6-7-15(19)20/h1-5,13-14H,6-11,17H2. The molecule has 2 saturated heterocycles. The normalized spacial score (nSPS) is 23.1. The van der Waals surface area contributed by atoms with Crippen molar-refractivity contribution in [1.82, 2.24) is 9.80 Å². The first-order valence-corrected chi connectivity index (χ1v) is 7.54. The first kappa shape index (κ1) is 14.1. The Bertz CT molecular complexity index is 532. The first-order chi connectivity index (χ1) is 10.2. The maximum absolute atomic E-state index is 12.7. The van der Waals surface area contributed by atoms with Crippen molar-refractivity contribution in [1.29, 1.82) is 0 Å². The second kappa shape index (κ2) is 5.85. The predicted molar refractivity (Wildman–Crippen MR) is 79.6 cm³/mol. The molecule has 2 fully saturated rings. The quantitative estimate of drug-likeness (QED) is 0.883. The maximum Gasteiger partial charge on any atom is 0.231 e. The van der Waals surface area contributed by atoms with E-state index in [0.717, 1.165) is 12.0 Å². The van der Waals surface area contributed by atoms with Gasteiger partial charge in [0.25, 0.3) is 0 Å². The number of carbonyl (C=O) groups excluding carboxylic acids is 2. The number of hydrogen-bond donors (Lipinski definition) is 1. The Morgan fingerprint density at radius 2 is 2.05 bits per heavy atom. The molecule has 0 radical (unpaired) electrons. The Kier molecular flexibility index (Phi) is 3.92. The van der Waals surface area contributed by atoms with Crippen LogP contribution in [0.4, 0.5) is 0 Å². The van der Waals surface area contributed by atoms with Crippen LogP contribution in [-0.2, 0) is 9.59 Å². The molecule has 112 valence electrons. The predicted octanol–water partition coefficient (Wildman–Crippen LogP) is 0.562. The van der Waals surface area contributed by atoms with E-state index in [1.807, 2.05) is 40.1 Å². The molecule has 5 heteroatoms. The minimum absolute atomic E-state index is 0.0858. The van der Waals surface area contributed by atoms with E-state index >= 15 is 0 Å². The first-order valence-electron chi connectivity index (χ1n) is 7.54. The zero-order valence-corrected chi connectivity index (χ0v) is 12.1. The summed E-state index contributed by atoms with van der Waals surface area (Å²) in [5.41, 5.74) is 6.80. The minimum Gasteiger partial charge on any atom is -0.338 e. The Hall–Kier alpha value is -1.88. The fourth-order valence-electron chi connectivity index (χ4n) is 3.35. The number of nitrogens with two attached hydrogens (primary N) is 1. The van der Waals surface area contributed by atoms with Gasteiger partial charge in [0.05, 0.1) is 5.92 Å². The molecule has 0 aliphatic carbocycles. The number of rotatable bonds is 3. The highest BCUT2D eigenvalue weighted by Gasteiger charge is 2.38. The number of piperazine rings is 1. The highest BCUT2D eigenvalue weighted by atomic mass is 16.2. The molecule has 0 saturated carbocycles. The van der Waals surface area contributed by atoms with Gasteiger partial charge in [0.1, 0.15) is 0 Å². The van der Waals surface area contributed by atoms with E-state index in [0.29, 0.717) is 32.6 Å². The highest BCUT2D eigenvalue weighted by molar-refractivity contribution is 5.85. The number of nitrogens with zero attached hydrogens (tertiary/aromatic N) is 2. The smallest absolute Gasteiger partial charge is 0.231 e. The third-order valence-electron chi connectivity index (χ3n) is 4.54. The average molecular weight is 287 g/mol. The summed E-state index contributed by atoms with van der Waals surface area (Å²) >= 11 is 0. The second-order valence-corrected chi connectivity index (χ2v) is 5.76. The number of amides is 2. The van der Waals surface area contributed by atoms with E-state index in [1.54, 1.807) is 0 Å². The lowest BCUT2D eigenvalue weighted by Gasteiger charge is -2.39. The van der Waals surface area contributed by atoms with Crippen molar-refractivity contribution in [2.45, 2.75) is 24.8 Å². The van der Waals surface area contributed by atoms with Crippen LogP contribution >= 0.6 is 0 Å². The van der Waals surface area contributed by atoms with Crippen LogP contribution in [0.15, 0.2) is 30.3 Å². The van der Waals surface area contributed by atoms with Crippen molar-refractivity contribution in [3.8, 4) is 0 Å². The molecule has 2 atom stereocenters. The molecule has 0 bridgehead atoms. The molecule has 1 aromatic carbocycles. The summed E-state index contributed by atoms with van der Waals surface area (Å²) in [5, 5.41) is 0. The summed E-state index contributed by atoms with van der Waals surface area (Å²) in [7, 11) is 0. The second-order valence-electron chi connectivity index (χ2n) is 5.76. The molecule has 1 aromatic rings. The van der Waals surface area contributed by atoms with Gasteiger partial charge in [0.15, 0.2) is 0 Å². The van der Waals surface area contributed by atoms with Crippen LogP contribution in [-0.4, -0.2) is 53.8 Å². The fourth-order valence-corrected chi connectivity index (χ4v) is 3.35. The molecule has 0 aromatic heterocycles. The minimum atomic E-state index is -0.283. The van der Waals surface area contributed by atoms with Crippen LogP contribution in [0, 0.1) is 0 Å². The van der Waals surface area contributed by atoms with Gasteiger partial charge >= 0.3 is 0 Å². The highest BCUT2D eigenvalue weighted by Crippen LogP contribution is 2.25. The van der Waals surface area contributed by atoms with Crippen molar-refractivity contribution in [3.05, 3.63) is 35.9 Å². The van der Waals surface area contributed by atoms with E-state index in [9.17, 15) is 9.59 Å². The molecule has 2 amide bonds. The number of hydrogen-bond acceptors (Lipinski definition) is 3. The third kappa shape index (κ3) is 2.65. The summed E-state index contributed by atoms with van der Waals surface area (Å²) in [6.45, 7) is 2.23. The lowest BCUT2D eigenvalue weighted by molar-refractivity contribution is -0.139.